The van der Waals surface area contributed by atoms with Crippen molar-refractivity contribution >= 4 is 5.82 Å². The van der Waals surface area contributed by atoms with Gasteiger partial charge in [-0.25, -0.2) is 9.97 Å². The standard InChI is InChI=1S/C18H26N4O2/c1-3-15-11-19-14(2)20-18(15)22-8-7-21(16(12-22)6-9-23)13-17-5-4-10-24-17/h4-5,10-11,16,23H,3,6-9,12-13H2,1-2H3/t16-/m1/s1. The maximum absolute atomic E-state index is 9.47. The molecule has 0 spiro atoms. The normalized spacial score (nSPS) is 19.0. The number of anilines is 1. The lowest BCUT2D eigenvalue weighted by atomic mass is 10.1. The Morgan fingerprint density at radius 1 is 1.38 bits per heavy atom. The van der Waals surface area contributed by atoms with Gasteiger partial charge in [-0.15, -0.1) is 0 Å². The minimum atomic E-state index is 0.191. The molecule has 130 valence electrons. The van der Waals surface area contributed by atoms with Crippen LogP contribution in [0, 0.1) is 6.92 Å². The molecule has 0 bridgehead atoms. The molecule has 1 N–H and O–H groups in total. The fourth-order valence-electron chi connectivity index (χ4n) is 3.33. The summed E-state index contributed by atoms with van der Waals surface area (Å²) >= 11 is 0. The van der Waals surface area contributed by atoms with Gasteiger partial charge in [-0.1, -0.05) is 6.92 Å². The van der Waals surface area contributed by atoms with Crippen molar-refractivity contribution in [3.8, 4) is 0 Å². The van der Waals surface area contributed by atoms with Crippen LogP contribution in [-0.2, 0) is 13.0 Å². The number of nitrogens with zero attached hydrogens (tertiary/aromatic N) is 4. The zero-order chi connectivity index (χ0) is 16.9. The molecule has 6 nitrogen and oxygen atoms in total. The van der Waals surface area contributed by atoms with E-state index in [9.17, 15) is 5.11 Å². The van der Waals surface area contributed by atoms with Gasteiger partial charge in [-0.3, -0.25) is 4.90 Å². The predicted molar refractivity (Wildman–Crippen MR) is 93.0 cm³/mol. The molecule has 2 aromatic rings. The van der Waals surface area contributed by atoms with E-state index in [0.717, 1.165) is 56.4 Å². The van der Waals surface area contributed by atoms with Crippen LogP contribution in [0.4, 0.5) is 5.82 Å². The van der Waals surface area contributed by atoms with Crippen molar-refractivity contribution in [1.82, 2.24) is 14.9 Å². The van der Waals surface area contributed by atoms with E-state index in [2.05, 4.69) is 26.7 Å². The summed E-state index contributed by atoms with van der Waals surface area (Å²) in [7, 11) is 0. The quantitative estimate of drug-likeness (QED) is 0.874. The highest BCUT2D eigenvalue weighted by Crippen LogP contribution is 2.24. The summed E-state index contributed by atoms with van der Waals surface area (Å²) in [5.41, 5.74) is 1.18. The van der Waals surface area contributed by atoms with Crippen LogP contribution in [-0.4, -0.2) is 52.3 Å². The van der Waals surface area contributed by atoms with Crippen molar-refractivity contribution in [2.24, 2.45) is 0 Å². The third-order valence-electron chi connectivity index (χ3n) is 4.65. The third kappa shape index (κ3) is 3.76. The average molecular weight is 330 g/mol. The van der Waals surface area contributed by atoms with Crippen LogP contribution in [0.2, 0.25) is 0 Å². The molecule has 24 heavy (non-hydrogen) atoms. The summed E-state index contributed by atoms with van der Waals surface area (Å²) in [5, 5.41) is 9.47. The lowest BCUT2D eigenvalue weighted by Gasteiger charge is -2.42. The van der Waals surface area contributed by atoms with Crippen molar-refractivity contribution in [3.05, 3.63) is 41.7 Å². The Kier molecular flexibility index (Phi) is 5.48. The summed E-state index contributed by atoms with van der Waals surface area (Å²) < 4.78 is 5.49. The van der Waals surface area contributed by atoms with E-state index in [4.69, 9.17) is 4.42 Å². The zero-order valence-electron chi connectivity index (χ0n) is 14.5. The minimum absolute atomic E-state index is 0.191. The summed E-state index contributed by atoms with van der Waals surface area (Å²) in [6, 6.07) is 4.21. The van der Waals surface area contributed by atoms with Gasteiger partial charge in [-0.2, -0.15) is 0 Å². The molecule has 3 rings (SSSR count). The Bertz CT molecular complexity index is 644. The fourth-order valence-corrected chi connectivity index (χ4v) is 3.33. The number of aliphatic hydroxyl groups is 1. The number of furan rings is 1. The van der Waals surface area contributed by atoms with Gasteiger partial charge in [0.2, 0.25) is 0 Å². The summed E-state index contributed by atoms with van der Waals surface area (Å²) in [5.74, 6) is 2.82. The monoisotopic (exact) mass is 330 g/mol. The highest BCUT2D eigenvalue weighted by Gasteiger charge is 2.29. The van der Waals surface area contributed by atoms with E-state index in [1.165, 1.54) is 5.56 Å². The number of piperazine rings is 1. The lowest BCUT2D eigenvalue weighted by molar-refractivity contribution is 0.127. The van der Waals surface area contributed by atoms with E-state index in [0.29, 0.717) is 0 Å². The van der Waals surface area contributed by atoms with Crippen LogP contribution in [0.5, 0.6) is 0 Å². The van der Waals surface area contributed by atoms with E-state index < -0.39 is 0 Å². The second kappa shape index (κ2) is 7.77. The number of hydrogen-bond acceptors (Lipinski definition) is 6. The molecular formula is C18H26N4O2. The molecule has 0 saturated carbocycles. The predicted octanol–water partition coefficient (Wildman–Crippen LogP) is 2.01. The average Bonchev–Trinajstić information content (AvgIpc) is 3.10. The van der Waals surface area contributed by atoms with Crippen LogP contribution in [0.25, 0.3) is 0 Å². The molecule has 0 amide bonds. The van der Waals surface area contributed by atoms with Crippen LogP contribution < -0.4 is 4.90 Å². The van der Waals surface area contributed by atoms with Crippen LogP contribution >= 0.6 is 0 Å². The molecule has 0 unspecified atom stereocenters. The van der Waals surface area contributed by atoms with Crippen molar-refractivity contribution in [2.75, 3.05) is 31.1 Å². The van der Waals surface area contributed by atoms with Crippen LogP contribution in [0.15, 0.2) is 29.0 Å². The molecule has 0 aliphatic carbocycles. The number of aliphatic hydroxyl groups excluding tert-OH is 1. The van der Waals surface area contributed by atoms with Gasteiger partial charge < -0.3 is 14.4 Å². The van der Waals surface area contributed by atoms with Crippen LogP contribution in [0.3, 0.4) is 0 Å². The van der Waals surface area contributed by atoms with Crippen LogP contribution in [0.1, 0.15) is 30.5 Å². The van der Waals surface area contributed by atoms with Gasteiger partial charge in [0, 0.05) is 44.0 Å². The smallest absolute Gasteiger partial charge is 0.135 e. The fraction of sp³-hybridized carbons (Fsp3) is 0.556. The first-order valence-corrected chi connectivity index (χ1v) is 8.66. The Morgan fingerprint density at radius 2 is 2.25 bits per heavy atom. The number of rotatable bonds is 6. The summed E-state index contributed by atoms with van der Waals surface area (Å²) in [6.07, 6.45) is 5.33. The lowest BCUT2D eigenvalue weighted by Crippen LogP contribution is -2.53. The number of aryl methyl sites for hydroxylation is 2. The second-order valence-corrected chi connectivity index (χ2v) is 6.28. The van der Waals surface area contributed by atoms with Gasteiger partial charge in [0.05, 0.1) is 12.8 Å². The Balaban J connectivity index is 1.76. The highest BCUT2D eigenvalue weighted by atomic mass is 16.3. The molecule has 1 aliphatic rings. The minimum Gasteiger partial charge on any atom is -0.468 e. The SMILES string of the molecule is CCc1cnc(C)nc1N1CCN(Cc2ccco2)[C@H](CCO)C1. The van der Waals surface area contributed by atoms with Gasteiger partial charge in [-0.05, 0) is 31.9 Å². The number of hydrogen-bond donors (Lipinski definition) is 1. The second-order valence-electron chi connectivity index (χ2n) is 6.28. The van der Waals surface area contributed by atoms with Gasteiger partial charge >= 0.3 is 0 Å². The highest BCUT2D eigenvalue weighted by molar-refractivity contribution is 5.47. The molecule has 1 fully saturated rings. The third-order valence-corrected chi connectivity index (χ3v) is 4.65. The topological polar surface area (TPSA) is 65.6 Å². The molecule has 1 saturated heterocycles. The molecule has 3 heterocycles. The Labute approximate surface area is 143 Å². The van der Waals surface area contributed by atoms with Crippen molar-refractivity contribution in [3.63, 3.8) is 0 Å². The number of aromatic nitrogens is 2. The first-order chi connectivity index (χ1) is 11.7. The molecule has 1 atom stereocenters. The molecule has 6 heteroatoms. The van der Waals surface area contributed by atoms with E-state index in [1.807, 2.05) is 25.3 Å². The molecule has 1 aliphatic heterocycles. The van der Waals surface area contributed by atoms with Crippen molar-refractivity contribution < 1.29 is 9.52 Å². The van der Waals surface area contributed by atoms with E-state index >= 15 is 0 Å². The van der Waals surface area contributed by atoms with E-state index in [-0.39, 0.29) is 12.6 Å². The summed E-state index contributed by atoms with van der Waals surface area (Å²) in [6.45, 7) is 7.76. The maximum Gasteiger partial charge on any atom is 0.135 e. The molecule has 2 aromatic heterocycles. The van der Waals surface area contributed by atoms with E-state index in [1.54, 1.807) is 6.26 Å². The molecule has 0 radical (unpaired) electrons. The Morgan fingerprint density at radius 3 is 2.96 bits per heavy atom. The molecule has 0 aromatic carbocycles. The Hall–Kier alpha value is -1.92. The van der Waals surface area contributed by atoms with Gasteiger partial charge in [0.15, 0.2) is 0 Å². The first-order valence-electron chi connectivity index (χ1n) is 8.66. The van der Waals surface area contributed by atoms with Gasteiger partial charge in [0.25, 0.3) is 0 Å². The van der Waals surface area contributed by atoms with Crippen molar-refractivity contribution in [1.29, 1.82) is 0 Å². The largest absolute Gasteiger partial charge is 0.468 e. The molecular weight excluding hydrogens is 304 g/mol. The van der Waals surface area contributed by atoms with Gasteiger partial charge in [0.1, 0.15) is 17.4 Å². The maximum atomic E-state index is 9.47. The first kappa shape index (κ1) is 16.9. The zero-order valence-corrected chi connectivity index (χ0v) is 14.5. The van der Waals surface area contributed by atoms with Crippen molar-refractivity contribution in [2.45, 2.75) is 39.3 Å². The summed E-state index contributed by atoms with van der Waals surface area (Å²) in [4.78, 5) is 13.7.